The number of likely N-dealkylation sites (tertiary alicyclic amines) is 1. The summed E-state index contributed by atoms with van der Waals surface area (Å²) in [6.45, 7) is 1.95. The summed E-state index contributed by atoms with van der Waals surface area (Å²) in [5.41, 5.74) is 2.26. The van der Waals surface area contributed by atoms with Gasteiger partial charge in [0.1, 0.15) is 0 Å². The quantitative estimate of drug-likeness (QED) is 0.660. The maximum atomic E-state index is 12.2. The van der Waals surface area contributed by atoms with Crippen molar-refractivity contribution in [1.29, 1.82) is 0 Å². The molecule has 0 spiro atoms. The Morgan fingerprint density at radius 1 is 0.966 bits per heavy atom. The van der Waals surface area contributed by atoms with Crippen molar-refractivity contribution in [2.75, 3.05) is 13.1 Å². The highest BCUT2D eigenvalue weighted by molar-refractivity contribution is 5.91. The predicted octanol–water partition coefficient (Wildman–Crippen LogP) is 1.37. The van der Waals surface area contributed by atoms with Gasteiger partial charge in [-0.3, -0.25) is 9.78 Å². The Morgan fingerprint density at radius 2 is 1.66 bits per heavy atom. The monoisotopic (exact) mass is 391 g/mol. The molecule has 148 valence electrons. The highest BCUT2D eigenvalue weighted by Gasteiger charge is 2.33. The Kier molecular flexibility index (Phi) is 5.46. The summed E-state index contributed by atoms with van der Waals surface area (Å²) in [5, 5.41) is 13.7. The van der Waals surface area contributed by atoms with E-state index in [1.165, 1.54) is 0 Å². The summed E-state index contributed by atoms with van der Waals surface area (Å²) < 4.78 is 1.64. The maximum absolute atomic E-state index is 12.2. The van der Waals surface area contributed by atoms with Crippen molar-refractivity contribution in [2.24, 2.45) is 0 Å². The van der Waals surface area contributed by atoms with Gasteiger partial charge in [0, 0.05) is 38.6 Å². The molecule has 29 heavy (non-hydrogen) atoms. The molecule has 9 nitrogen and oxygen atoms in total. The van der Waals surface area contributed by atoms with E-state index in [0.717, 1.165) is 11.1 Å². The Morgan fingerprint density at radius 3 is 2.41 bits per heavy atom. The number of nitrogens with zero attached hydrogens (tertiary/aromatic N) is 5. The first kappa shape index (κ1) is 18.6. The molecule has 2 N–H and O–H groups in total. The van der Waals surface area contributed by atoms with Gasteiger partial charge < -0.3 is 15.5 Å². The van der Waals surface area contributed by atoms with Crippen LogP contribution in [0.25, 0.3) is 0 Å². The molecule has 1 fully saturated rings. The zero-order valence-corrected chi connectivity index (χ0v) is 15.7. The van der Waals surface area contributed by atoms with Crippen LogP contribution in [0.2, 0.25) is 0 Å². The van der Waals surface area contributed by atoms with Crippen LogP contribution in [-0.4, -0.2) is 49.9 Å². The van der Waals surface area contributed by atoms with Gasteiger partial charge >= 0.3 is 6.03 Å². The Labute approximate surface area is 167 Å². The van der Waals surface area contributed by atoms with E-state index in [-0.39, 0.29) is 23.7 Å². The van der Waals surface area contributed by atoms with Crippen LogP contribution in [0, 0.1) is 0 Å². The molecule has 0 saturated carbocycles. The summed E-state index contributed by atoms with van der Waals surface area (Å²) in [5.74, 6) is -0.287. The molecule has 0 radical (unpaired) electrons. The topological polar surface area (TPSA) is 105 Å². The number of urea groups is 1. The number of pyridine rings is 1. The number of nitrogens with one attached hydrogen (secondary N) is 2. The minimum Gasteiger partial charge on any atom is -0.347 e. The van der Waals surface area contributed by atoms with Crippen LogP contribution in [0.15, 0.2) is 61.1 Å². The third-order valence-corrected chi connectivity index (χ3v) is 4.76. The zero-order chi connectivity index (χ0) is 20.1. The molecule has 0 aliphatic carbocycles. The fraction of sp³-hybridized carbons (Fsp3) is 0.250. The van der Waals surface area contributed by atoms with Crippen molar-refractivity contribution in [3.63, 3.8) is 0 Å². The van der Waals surface area contributed by atoms with Crippen molar-refractivity contribution in [3.05, 3.63) is 77.9 Å². The zero-order valence-electron chi connectivity index (χ0n) is 15.7. The predicted molar refractivity (Wildman–Crippen MR) is 105 cm³/mol. The van der Waals surface area contributed by atoms with Gasteiger partial charge in [0.05, 0.1) is 12.2 Å². The molecule has 3 heterocycles. The maximum Gasteiger partial charge on any atom is 0.317 e. The van der Waals surface area contributed by atoms with Crippen molar-refractivity contribution < 1.29 is 9.59 Å². The van der Waals surface area contributed by atoms with Crippen LogP contribution >= 0.6 is 0 Å². The van der Waals surface area contributed by atoms with Crippen molar-refractivity contribution >= 4 is 11.9 Å². The minimum absolute atomic E-state index is 0.0201. The molecule has 4 rings (SSSR count). The van der Waals surface area contributed by atoms with Crippen LogP contribution in [-0.2, 0) is 13.1 Å². The molecule has 1 saturated heterocycles. The normalized spacial score (nSPS) is 13.6. The Balaban J connectivity index is 1.23. The van der Waals surface area contributed by atoms with E-state index in [9.17, 15) is 9.59 Å². The second-order valence-electron chi connectivity index (χ2n) is 6.83. The minimum atomic E-state index is -0.287. The van der Waals surface area contributed by atoms with E-state index < -0.39 is 0 Å². The average Bonchev–Trinajstić information content (AvgIpc) is 3.21. The largest absolute Gasteiger partial charge is 0.347 e. The van der Waals surface area contributed by atoms with Crippen LogP contribution in [0.3, 0.4) is 0 Å². The summed E-state index contributed by atoms with van der Waals surface area (Å²) in [6, 6.07) is 13.3. The fourth-order valence-electron chi connectivity index (χ4n) is 3.01. The van der Waals surface area contributed by atoms with Gasteiger partial charge in [-0.15, -0.1) is 5.10 Å². The number of hydrogen-bond donors (Lipinski definition) is 2. The van der Waals surface area contributed by atoms with E-state index in [1.807, 2.05) is 42.5 Å². The molecule has 1 aromatic carbocycles. The van der Waals surface area contributed by atoms with Crippen LogP contribution in [0.4, 0.5) is 4.79 Å². The lowest BCUT2D eigenvalue weighted by atomic mass is 10.1. The number of hydrogen-bond acceptors (Lipinski definition) is 5. The Hall–Kier alpha value is -3.75. The molecule has 0 atom stereocenters. The smallest absolute Gasteiger partial charge is 0.317 e. The van der Waals surface area contributed by atoms with E-state index >= 15 is 0 Å². The fourth-order valence-corrected chi connectivity index (χ4v) is 3.01. The van der Waals surface area contributed by atoms with Gasteiger partial charge in [0.15, 0.2) is 5.69 Å². The number of aromatic nitrogens is 4. The van der Waals surface area contributed by atoms with E-state index in [0.29, 0.717) is 26.2 Å². The molecular weight excluding hydrogens is 370 g/mol. The summed E-state index contributed by atoms with van der Waals surface area (Å²) >= 11 is 0. The summed E-state index contributed by atoms with van der Waals surface area (Å²) in [6.07, 6.45) is 4.97. The first-order valence-electron chi connectivity index (χ1n) is 9.34. The van der Waals surface area contributed by atoms with Gasteiger partial charge in [0.2, 0.25) is 0 Å². The van der Waals surface area contributed by atoms with Crippen LogP contribution in [0.1, 0.15) is 27.7 Å². The first-order chi connectivity index (χ1) is 14.2. The van der Waals surface area contributed by atoms with Gasteiger partial charge in [-0.05, 0) is 23.3 Å². The lowest BCUT2D eigenvalue weighted by Gasteiger charge is -2.38. The highest BCUT2D eigenvalue weighted by Crippen LogP contribution is 2.20. The van der Waals surface area contributed by atoms with E-state index in [2.05, 4.69) is 25.9 Å². The lowest BCUT2D eigenvalue weighted by Crippen LogP contribution is -2.54. The molecule has 1 aliphatic rings. The highest BCUT2D eigenvalue weighted by atomic mass is 16.2. The van der Waals surface area contributed by atoms with E-state index in [1.54, 1.807) is 28.2 Å². The van der Waals surface area contributed by atoms with Gasteiger partial charge in [-0.25, -0.2) is 9.48 Å². The van der Waals surface area contributed by atoms with Gasteiger partial charge in [-0.1, -0.05) is 35.5 Å². The van der Waals surface area contributed by atoms with Crippen molar-refractivity contribution in [1.82, 2.24) is 35.5 Å². The lowest BCUT2D eigenvalue weighted by molar-refractivity contribution is 0.0945. The summed E-state index contributed by atoms with van der Waals surface area (Å²) in [7, 11) is 0. The molecule has 9 heteroatoms. The molecule has 0 bridgehead atoms. The third kappa shape index (κ3) is 4.57. The number of rotatable bonds is 6. The van der Waals surface area contributed by atoms with Gasteiger partial charge in [-0.2, -0.15) is 0 Å². The third-order valence-electron chi connectivity index (χ3n) is 4.76. The summed E-state index contributed by atoms with van der Waals surface area (Å²) in [4.78, 5) is 30.1. The Bertz CT molecular complexity index is 969. The average molecular weight is 391 g/mol. The van der Waals surface area contributed by atoms with Crippen molar-refractivity contribution in [3.8, 4) is 0 Å². The number of benzene rings is 1. The second-order valence-corrected chi connectivity index (χ2v) is 6.83. The number of carbonyl (C=O) groups is 2. The molecule has 3 amide bonds. The first-order valence-corrected chi connectivity index (χ1v) is 9.34. The number of carbonyl (C=O) groups excluding carboxylic acids is 2. The van der Waals surface area contributed by atoms with Crippen molar-refractivity contribution in [2.45, 2.75) is 19.1 Å². The SMILES string of the molecule is O=C(NCc1ccncc1)c1cn(C2CN(C(=O)NCc3ccccc3)C2)nn1. The standard InChI is InChI=1S/C20H21N7O2/c28-19(22-10-16-6-8-21-9-7-16)18-14-27(25-24-18)17-12-26(13-17)20(29)23-11-15-4-2-1-3-5-15/h1-9,14,17H,10-13H2,(H,22,28)(H,23,29). The van der Waals surface area contributed by atoms with Crippen LogP contribution < -0.4 is 10.6 Å². The van der Waals surface area contributed by atoms with E-state index in [4.69, 9.17) is 0 Å². The number of amides is 3. The molecule has 1 aliphatic heterocycles. The van der Waals surface area contributed by atoms with Crippen LogP contribution in [0.5, 0.6) is 0 Å². The molecule has 3 aromatic rings. The second kappa shape index (κ2) is 8.51. The molecule has 2 aromatic heterocycles. The molecular formula is C20H21N7O2. The molecule has 0 unspecified atom stereocenters. The van der Waals surface area contributed by atoms with Gasteiger partial charge in [0.25, 0.3) is 5.91 Å².